The van der Waals surface area contributed by atoms with Crippen molar-refractivity contribution in [3.05, 3.63) is 68.4 Å². The van der Waals surface area contributed by atoms with Crippen LogP contribution in [0.2, 0.25) is 10.0 Å². The first-order chi connectivity index (χ1) is 14.7. The number of aromatic nitrogens is 4. The number of rotatable bonds is 9. The summed E-state index contributed by atoms with van der Waals surface area (Å²) >= 11 is 12.1. The van der Waals surface area contributed by atoms with Gasteiger partial charge in [-0.05, 0) is 47.2 Å². The van der Waals surface area contributed by atoms with Gasteiger partial charge in [-0.2, -0.15) is 0 Å². The summed E-state index contributed by atoms with van der Waals surface area (Å²) in [5.41, 5.74) is -0.121. The average Bonchev–Trinajstić information content (AvgIpc) is 3.18. The van der Waals surface area contributed by atoms with E-state index in [1.165, 1.54) is 35.0 Å². The number of unbranched alkanes of at least 4 members (excludes halogenated alkanes) is 1. The minimum atomic E-state index is -4.32. The van der Waals surface area contributed by atoms with E-state index < -0.39 is 25.5 Å². The highest BCUT2D eigenvalue weighted by atomic mass is 35.5. The Kier molecular flexibility index (Phi) is 7.08. The highest BCUT2D eigenvalue weighted by Gasteiger charge is 2.30. The Morgan fingerprint density at radius 2 is 1.87 bits per heavy atom. The molecule has 0 amide bonds. The lowest BCUT2D eigenvalue weighted by molar-refractivity contribution is -0.385. The van der Waals surface area contributed by atoms with Crippen LogP contribution in [0, 0.1) is 10.1 Å². The van der Waals surface area contributed by atoms with Gasteiger partial charge in [-0.25, -0.2) is 13.1 Å². The van der Waals surface area contributed by atoms with Crippen molar-refractivity contribution >= 4 is 44.6 Å². The third-order valence-electron chi connectivity index (χ3n) is 4.42. The highest BCUT2D eigenvalue weighted by molar-refractivity contribution is 7.93. The molecular formula is C18H18Cl2N6O4S. The van der Waals surface area contributed by atoms with Crippen LogP contribution >= 0.6 is 23.2 Å². The number of hydrogen-bond donors (Lipinski definition) is 0. The molecule has 1 aromatic heterocycles. The predicted molar refractivity (Wildman–Crippen MR) is 116 cm³/mol. The van der Waals surface area contributed by atoms with Crippen LogP contribution in [0.3, 0.4) is 0 Å². The molecule has 0 fully saturated rings. The van der Waals surface area contributed by atoms with Crippen LogP contribution in [0.4, 0.5) is 11.4 Å². The molecule has 0 spiro atoms. The van der Waals surface area contributed by atoms with Crippen LogP contribution in [0.15, 0.2) is 47.4 Å². The zero-order valence-electron chi connectivity index (χ0n) is 16.4. The molecule has 0 aliphatic heterocycles. The minimum Gasteiger partial charge on any atom is -0.259 e. The van der Waals surface area contributed by atoms with Gasteiger partial charge in [-0.1, -0.05) is 36.5 Å². The topological polar surface area (TPSA) is 124 Å². The fourth-order valence-corrected chi connectivity index (χ4v) is 4.83. The lowest BCUT2D eigenvalue weighted by Gasteiger charge is -2.24. The summed E-state index contributed by atoms with van der Waals surface area (Å²) in [5.74, 6) is 0.313. The van der Waals surface area contributed by atoms with Gasteiger partial charge in [0.2, 0.25) is 0 Å². The number of halogens is 2. The molecule has 0 unspecified atom stereocenters. The Morgan fingerprint density at radius 3 is 2.52 bits per heavy atom. The van der Waals surface area contributed by atoms with Gasteiger partial charge in [0.25, 0.3) is 15.7 Å². The van der Waals surface area contributed by atoms with Crippen LogP contribution in [0.5, 0.6) is 0 Å². The van der Waals surface area contributed by atoms with Crippen molar-refractivity contribution in [3.63, 3.8) is 0 Å². The highest BCUT2D eigenvalue weighted by Crippen LogP contribution is 2.32. The number of hydrogen-bond acceptors (Lipinski definition) is 7. The molecular weight excluding hydrogens is 467 g/mol. The number of nitrogens with zero attached hydrogens (tertiary/aromatic N) is 6. The molecule has 0 atom stereocenters. The summed E-state index contributed by atoms with van der Waals surface area (Å²) < 4.78 is 29.7. The average molecular weight is 485 g/mol. The third kappa shape index (κ3) is 5.12. The largest absolute Gasteiger partial charge is 0.270 e. The first kappa shape index (κ1) is 22.9. The summed E-state index contributed by atoms with van der Waals surface area (Å²) in [6.45, 7) is 2.32. The summed E-state index contributed by atoms with van der Waals surface area (Å²) in [7, 11) is -4.32. The van der Waals surface area contributed by atoms with Crippen LogP contribution in [0.25, 0.3) is 0 Å². The minimum absolute atomic E-state index is 0.143. The molecule has 3 rings (SSSR count). The van der Waals surface area contributed by atoms with E-state index in [4.69, 9.17) is 23.2 Å². The monoisotopic (exact) mass is 484 g/mol. The maximum atomic E-state index is 13.6. The van der Waals surface area contributed by atoms with E-state index in [1.807, 2.05) is 6.92 Å². The standard InChI is InChI=1S/C18H18Cl2N6O4S/c1-2-3-10-24-18(21-22-23-24)12-25(14-6-4-13(19)5-7-14)31(29,30)17-11-15(26(27)28)8-9-16(17)20/h4-9,11H,2-3,10,12H2,1H3. The van der Waals surface area contributed by atoms with Gasteiger partial charge in [0.1, 0.15) is 4.90 Å². The molecule has 0 bridgehead atoms. The van der Waals surface area contributed by atoms with Crippen molar-refractivity contribution in [2.24, 2.45) is 0 Å². The number of benzene rings is 2. The molecule has 0 saturated heterocycles. The summed E-state index contributed by atoms with van der Waals surface area (Å²) in [6.07, 6.45) is 1.71. The molecule has 13 heteroatoms. The number of anilines is 1. The van der Waals surface area contributed by atoms with Crippen LogP contribution < -0.4 is 4.31 Å². The number of tetrazole rings is 1. The number of sulfonamides is 1. The fraction of sp³-hybridized carbons (Fsp3) is 0.278. The second-order valence-corrected chi connectivity index (χ2v) is 9.21. The Bertz CT molecular complexity index is 1180. The molecule has 0 aliphatic rings. The summed E-state index contributed by atoms with van der Waals surface area (Å²) in [6, 6.07) is 9.36. The van der Waals surface area contributed by atoms with E-state index in [9.17, 15) is 18.5 Å². The SMILES string of the molecule is CCCCn1nnnc1CN(c1ccc(Cl)cc1)S(=O)(=O)c1cc([N+](=O)[O-])ccc1Cl. The lowest BCUT2D eigenvalue weighted by Crippen LogP contribution is -2.32. The molecule has 2 aromatic carbocycles. The van der Waals surface area contributed by atoms with Crippen molar-refractivity contribution in [1.29, 1.82) is 0 Å². The quantitative estimate of drug-likeness (QED) is 0.330. The van der Waals surface area contributed by atoms with Gasteiger partial charge < -0.3 is 0 Å². The third-order valence-corrected chi connectivity index (χ3v) is 6.93. The van der Waals surface area contributed by atoms with Crippen LogP contribution in [0.1, 0.15) is 25.6 Å². The molecule has 0 saturated carbocycles. The predicted octanol–water partition coefficient (Wildman–Crippen LogP) is 4.08. The van der Waals surface area contributed by atoms with E-state index in [0.29, 0.717) is 17.4 Å². The summed E-state index contributed by atoms with van der Waals surface area (Å²) in [4.78, 5) is 10.1. The Morgan fingerprint density at radius 1 is 1.16 bits per heavy atom. The smallest absolute Gasteiger partial charge is 0.259 e. The molecule has 164 valence electrons. The molecule has 1 heterocycles. The van der Waals surface area contributed by atoms with Crippen molar-refractivity contribution in [2.45, 2.75) is 37.8 Å². The molecule has 0 aliphatic carbocycles. The Balaban J connectivity index is 2.10. The molecule has 0 radical (unpaired) electrons. The van der Waals surface area contributed by atoms with E-state index >= 15 is 0 Å². The van der Waals surface area contributed by atoms with Gasteiger partial charge >= 0.3 is 0 Å². The molecule has 10 nitrogen and oxygen atoms in total. The second kappa shape index (κ2) is 9.58. The summed E-state index contributed by atoms with van der Waals surface area (Å²) in [5, 5.41) is 23.0. The first-order valence-electron chi connectivity index (χ1n) is 9.21. The van der Waals surface area contributed by atoms with Crippen molar-refractivity contribution in [2.75, 3.05) is 4.31 Å². The number of nitro groups is 1. The van der Waals surface area contributed by atoms with Gasteiger partial charge in [-0.3, -0.25) is 14.4 Å². The Labute approximate surface area is 188 Å². The van der Waals surface area contributed by atoms with E-state index in [0.717, 1.165) is 29.3 Å². The van der Waals surface area contributed by atoms with E-state index in [1.54, 1.807) is 0 Å². The maximum absolute atomic E-state index is 13.6. The maximum Gasteiger partial charge on any atom is 0.270 e. The number of nitro benzene ring substituents is 1. The van der Waals surface area contributed by atoms with Gasteiger partial charge in [-0.15, -0.1) is 5.10 Å². The molecule has 31 heavy (non-hydrogen) atoms. The zero-order valence-corrected chi connectivity index (χ0v) is 18.7. The van der Waals surface area contributed by atoms with Crippen LogP contribution in [-0.2, 0) is 23.1 Å². The van der Waals surface area contributed by atoms with Gasteiger partial charge in [0.05, 0.1) is 22.2 Å². The zero-order chi connectivity index (χ0) is 22.6. The second-order valence-electron chi connectivity index (χ2n) is 6.53. The van der Waals surface area contributed by atoms with E-state index in [2.05, 4.69) is 15.5 Å². The van der Waals surface area contributed by atoms with Crippen molar-refractivity contribution < 1.29 is 13.3 Å². The molecule has 3 aromatic rings. The van der Waals surface area contributed by atoms with Crippen molar-refractivity contribution in [3.8, 4) is 0 Å². The van der Waals surface area contributed by atoms with Gasteiger partial charge in [0.15, 0.2) is 5.82 Å². The van der Waals surface area contributed by atoms with Gasteiger partial charge in [0, 0.05) is 23.7 Å². The Hall–Kier alpha value is -2.76. The fourth-order valence-electron chi connectivity index (χ4n) is 2.79. The number of non-ortho nitro benzene ring substituents is 1. The number of aryl methyl sites for hydroxylation is 1. The van der Waals surface area contributed by atoms with Crippen molar-refractivity contribution in [1.82, 2.24) is 20.2 Å². The van der Waals surface area contributed by atoms with E-state index in [-0.39, 0.29) is 17.3 Å². The first-order valence-corrected chi connectivity index (χ1v) is 11.4. The molecule has 0 N–H and O–H groups in total. The van der Waals surface area contributed by atoms with Crippen LogP contribution in [-0.4, -0.2) is 33.5 Å². The normalized spacial score (nSPS) is 11.5. The lowest BCUT2D eigenvalue weighted by atomic mass is 10.3.